The van der Waals surface area contributed by atoms with Crippen LogP contribution in [0, 0.1) is 27.7 Å². The molecule has 0 spiro atoms. The molecule has 2 heterocycles. The predicted molar refractivity (Wildman–Crippen MR) is 133 cm³/mol. The van der Waals surface area contributed by atoms with Crippen LogP contribution in [0.2, 0.25) is 0 Å². The Morgan fingerprint density at radius 3 is 2.42 bits per heavy atom. The van der Waals surface area contributed by atoms with E-state index in [1.807, 2.05) is 80.8 Å². The zero-order chi connectivity index (χ0) is 23.4. The number of nitrogens with zero attached hydrogens (tertiary/aromatic N) is 4. The zero-order valence-electron chi connectivity index (χ0n) is 19.0. The Morgan fingerprint density at radius 1 is 1.03 bits per heavy atom. The predicted octanol–water partition coefficient (Wildman–Crippen LogP) is 5.27. The fourth-order valence-electron chi connectivity index (χ4n) is 3.30. The quantitative estimate of drug-likeness (QED) is 0.347. The van der Waals surface area contributed by atoms with E-state index in [9.17, 15) is 4.79 Å². The summed E-state index contributed by atoms with van der Waals surface area (Å²) in [5.41, 5.74) is 3.98. The van der Waals surface area contributed by atoms with Crippen LogP contribution in [0.15, 0.2) is 53.7 Å². The highest BCUT2D eigenvalue weighted by Gasteiger charge is 2.18. The lowest BCUT2D eigenvalue weighted by molar-refractivity contribution is -0.113. The number of ether oxygens (including phenoxy) is 1. The molecule has 0 fully saturated rings. The average Bonchev–Trinajstić information content (AvgIpc) is 3.34. The minimum Gasteiger partial charge on any atom is -0.485 e. The third-order valence-corrected chi connectivity index (χ3v) is 6.99. The maximum Gasteiger partial charge on any atom is 0.236 e. The minimum absolute atomic E-state index is 0.135. The highest BCUT2D eigenvalue weighted by Crippen LogP contribution is 2.27. The van der Waals surface area contributed by atoms with Crippen LogP contribution in [0.1, 0.15) is 27.5 Å². The van der Waals surface area contributed by atoms with E-state index in [2.05, 4.69) is 20.5 Å². The lowest BCUT2D eigenvalue weighted by Crippen LogP contribution is -2.14. The monoisotopic (exact) mass is 479 g/mol. The molecule has 0 unspecified atom stereocenters. The van der Waals surface area contributed by atoms with Gasteiger partial charge < -0.3 is 10.1 Å². The van der Waals surface area contributed by atoms with Crippen molar-refractivity contribution >= 4 is 34.1 Å². The van der Waals surface area contributed by atoms with Crippen molar-refractivity contribution in [3.05, 3.63) is 76.1 Å². The molecule has 0 radical (unpaired) electrons. The number of thiazole rings is 1. The van der Waals surface area contributed by atoms with Crippen LogP contribution < -0.4 is 10.1 Å². The number of aryl methyl sites for hydroxylation is 4. The SMILES string of the molecule is Cc1cccc(C)c1OCc1nnc(SCC(=O)Nc2nc(C)c(C)s2)n1-c1ccccc1. The van der Waals surface area contributed by atoms with Gasteiger partial charge in [-0.1, -0.05) is 48.2 Å². The largest absolute Gasteiger partial charge is 0.485 e. The van der Waals surface area contributed by atoms with Gasteiger partial charge in [-0.3, -0.25) is 9.36 Å². The van der Waals surface area contributed by atoms with Crippen molar-refractivity contribution in [2.75, 3.05) is 11.1 Å². The summed E-state index contributed by atoms with van der Waals surface area (Å²) < 4.78 is 8.06. The standard InChI is InChI=1S/C24H25N5O2S2/c1-15-9-8-10-16(2)22(15)31-13-20-27-28-24(29(20)19-11-6-5-7-12-19)32-14-21(30)26-23-25-17(3)18(4)33-23/h5-12H,13-14H2,1-4H3,(H,25,26,30). The molecule has 2 aromatic carbocycles. The average molecular weight is 480 g/mol. The van der Waals surface area contributed by atoms with E-state index in [4.69, 9.17) is 4.74 Å². The molecule has 0 aliphatic carbocycles. The number of aromatic nitrogens is 4. The Morgan fingerprint density at radius 2 is 1.76 bits per heavy atom. The molecule has 2 aromatic heterocycles. The van der Waals surface area contributed by atoms with Crippen molar-refractivity contribution in [1.82, 2.24) is 19.7 Å². The van der Waals surface area contributed by atoms with Gasteiger partial charge in [0.15, 0.2) is 16.1 Å². The van der Waals surface area contributed by atoms with E-state index in [1.54, 1.807) is 0 Å². The van der Waals surface area contributed by atoms with Crippen LogP contribution in [-0.4, -0.2) is 31.4 Å². The van der Waals surface area contributed by atoms with Crippen molar-refractivity contribution in [2.24, 2.45) is 0 Å². The molecule has 4 aromatic rings. The molecule has 0 aliphatic heterocycles. The molecule has 1 N–H and O–H groups in total. The number of anilines is 1. The maximum atomic E-state index is 12.5. The third-order valence-electron chi connectivity index (χ3n) is 5.08. The summed E-state index contributed by atoms with van der Waals surface area (Å²) in [6, 6.07) is 15.9. The molecule has 9 heteroatoms. The number of nitrogens with one attached hydrogen (secondary N) is 1. The summed E-state index contributed by atoms with van der Waals surface area (Å²) in [6.45, 7) is 8.23. The van der Waals surface area contributed by atoms with E-state index in [-0.39, 0.29) is 18.3 Å². The van der Waals surface area contributed by atoms with Crippen LogP contribution >= 0.6 is 23.1 Å². The number of rotatable bonds is 8. The van der Waals surface area contributed by atoms with Crippen molar-refractivity contribution < 1.29 is 9.53 Å². The number of hydrogen-bond donors (Lipinski definition) is 1. The number of hydrogen-bond acceptors (Lipinski definition) is 7. The van der Waals surface area contributed by atoms with Gasteiger partial charge in [0.25, 0.3) is 0 Å². The lowest BCUT2D eigenvalue weighted by Gasteiger charge is -2.13. The number of para-hydroxylation sites is 2. The Labute approximate surface area is 201 Å². The van der Waals surface area contributed by atoms with Crippen LogP contribution in [0.25, 0.3) is 5.69 Å². The van der Waals surface area contributed by atoms with Crippen LogP contribution in [0.5, 0.6) is 5.75 Å². The molecule has 0 saturated carbocycles. The number of carbonyl (C=O) groups is 1. The van der Waals surface area contributed by atoms with Crippen LogP contribution in [0.3, 0.4) is 0 Å². The van der Waals surface area contributed by atoms with Gasteiger partial charge in [0, 0.05) is 10.6 Å². The van der Waals surface area contributed by atoms with Gasteiger partial charge in [-0.2, -0.15) is 0 Å². The van der Waals surface area contributed by atoms with Crippen LogP contribution in [0.4, 0.5) is 5.13 Å². The molecule has 0 saturated heterocycles. The highest BCUT2D eigenvalue weighted by molar-refractivity contribution is 7.99. The second-order valence-corrected chi connectivity index (χ2v) is 9.72. The highest BCUT2D eigenvalue weighted by atomic mass is 32.2. The van der Waals surface area contributed by atoms with Gasteiger partial charge >= 0.3 is 0 Å². The summed E-state index contributed by atoms with van der Waals surface area (Å²) in [7, 11) is 0. The van der Waals surface area contributed by atoms with Gasteiger partial charge in [-0.25, -0.2) is 4.98 Å². The van der Waals surface area contributed by atoms with E-state index in [0.29, 0.717) is 16.1 Å². The van der Waals surface area contributed by atoms with Crippen molar-refractivity contribution in [3.8, 4) is 11.4 Å². The Hall–Kier alpha value is -3.17. The van der Waals surface area contributed by atoms with E-state index >= 15 is 0 Å². The Kier molecular flexibility index (Phi) is 7.10. The number of benzene rings is 2. The minimum atomic E-state index is -0.135. The molecule has 0 aliphatic rings. The van der Waals surface area contributed by atoms with Crippen molar-refractivity contribution in [1.29, 1.82) is 0 Å². The fourth-order valence-corrected chi connectivity index (χ4v) is 4.90. The maximum absolute atomic E-state index is 12.5. The molecule has 1 amide bonds. The summed E-state index contributed by atoms with van der Waals surface area (Å²) in [5.74, 6) is 1.57. The van der Waals surface area contributed by atoms with Gasteiger partial charge in [0.1, 0.15) is 12.4 Å². The summed E-state index contributed by atoms with van der Waals surface area (Å²) in [4.78, 5) is 18.0. The normalized spacial score (nSPS) is 10.9. The second kappa shape index (κ2) is 10.2. The molecular weight excluding hydrogens is 454 g/mol. The topological polar surface area (TPSA) is 81.9 Å². The van der Waals surface area contributed by atoms with E-state index < -0.39 is 0 Å². The lowest BCUT2D eigenvalue weighted by atomic mass is 10.1. The zero-order valence-corrected chi connectivity index (χ0v) is 20.6. The number of thioether (sulfide) groups is 1. The van der Waals surface area contributed by atoms with Gasteiger partial charge in [0.05, 0.1) is 11.4 Å². The fraction of sp³-hybridized carbons (Fsp3) is 0.250. The first kappa shape index (κ1) is 23.0. The van der Waals surface area contributed by atoms with Crippen molar-refractivity contribution in [2.45, 2.75) is 39.5 Å². The first-order valence-corrected chi connectivity index (χ1v) is 12.3. The Balaban J connectivity index is 1.52. The summed E-state index contributed by atoms with van der Waals surface area (Å²) in [6.07, 6.45) is 0. The van der Waals surface area contributed by atoms with Gasteiger partial charge in [-0.15, -0.1) is 21.5 Å². The number of carbonyl (C=O) groups excluding carboxylic acids is 1. The van der Waals surface area contributed by atoms with Gasteiger partial charge in [0.2, 0.25) is 5.91 Å². The molecule has 4 rings (SSSR count). The van der Waals surface area contributed by atoms with Gasteiger partial charge in [-0.05, 0) is 51.0 Å². The molecule has 0 atom stereocenters. The number of amides is 1. The first-order chi connectivity index (χ1) is 15.9. The molecular formula is C24H25N5O2S2. The Bertz CT molecular complexity index is 1230. The third kappa shape index (κ3) is 5.43. The first-order valence-electron chi connectivity index (χ1n) is 10.5. The molecule has 0 bridgehead atoms. The summed E-state index contributed by atoms with van der Waals surface area (Å²) >= 11 is 2.80. The molecule has 7 nitrogen and oxygen atoms in total. The van der Waals surface area contributed by atoms with Crippen molar-refractivity contribution in [3.63, 3.8) is 0 Å². The van der Waals surface area contributed by atoms with E-state index in [0.717, 1.165) is 33.1 Å². The molecule has 170 valence electrons. The molecule has 33 heavy (non-hydrogen) atoms. The smallest absolute Gasteiger partial charge is 0.236 e. The van der Waals surface area contributed by atoms with E-state index in [1.165, 1.54) is 23.1 Å². The van der Waals surface area contributed by atoms with Crippen LogP contribution in [-0.2, 0) is 11.4 Å². The second-order valence-electron chi connectivity index (χ2n) is 7.58. The summed E-state index contributed by atoms with van der Waals surface area (Å²) in [5, 5.41) is 12.8.